The number of hydrogen-bond acceptors (Lipinski definition) is 6. The van der Waals surface area contributed by atoms with Crippen molar-refractivity contribution in [2.24, 2.45) is 0 Å². The maximum atomic E-state index is 5.93. The second kappa shape index (κ2) is 7.59. The zero-order valence-corrected chi connectivity index (χ0v) is 13.5. The monoisotopic (exact) mass is 333 g/mol. The first-order valence-electron chi connectivity index (χ1n) is 7.63. The molecule has 1 atom stereocenters. The van der Waals surface area contributed by atoms with Gasteiger partial charge < -0.3 is 15.8 Å². The molecule has 0 saturated carbocycles. The first-order chi connectivity index (χ1) is 11.2. The van der Waals surface area contributed by atoms with Crippen LogP contribution in [0.4, 0.5) is 11.8 Å². The zero-order chi connectivity index (χ0) is 16.1. The number of rotatable bonds is 5. The number of benzene rings is 1. The third kappa shape index (κ3) is 4.31. The summed E-state index contributed by atoms with van der Waals surface area (Å²) in [6.45, 7) is 4.05. The van der Waals surface area contributed by atoms with Crippen LogP contribution in [-0.2, 0) is 4.74 Å². The van der Waals surface area contributed by atoms with Crippen LogP contribution in [0.5, 0.6) is 0 Å². The Hall–Kier alpha value is -1.89. The molecule has 3 rings (SSSR count). The lowest BCUT2D eigenvalue weighted by atomic mass is 10.0. The van der Waals surface area contributed by atoms with Crippen molar-refractivity contribution in [3.63, 3.8) is 0 Å². The van der Waals surface area contributed by atoms with Crippen molar-refractivity contribution in [1.82, 2.24) is 14.9 Å². The molecule has 6 nitrogen and oxygen atoms in total. The number of ether oxygens (including phenoxy) is 1. The van der Waals surface area contributed by atoms with E-state index in [4.69, 9.17) is 22.1 Å². The fraction of sp³-hybridized carbons (Fsp3) is 0.375. The third-order valence-corrected chi connectivity index (χ3v) is 4.05. The van der Waals surface area contributed by atoms with Gasteiger partial charge in [0.15, 0.2) is 0 Å². The van der Waals surface area contributed by atoms with Crippen LogP contribution in [-0.4, -0.2) is 47.7 Å². The van der Waals surface area contributed by atoms with Crippen LogP contribution in [0.15, 0.2) is 36.4 Å². The Kier molecular flexibility index (Phi) is 5.27. The van der Waals surface area contributed by atoms with Crippen molar-refractivity contribution in [3.8, 4) is 0 Å². The normalized spacial score (nSPS) is 16.9. The van der Waals surface area contributed by atoms with E-state index < -0.39 is 0 Å². The van der Waals surface area contributed by atoms with Gasteiger partial charge in [-0.3, -0.25) is 4.90 Å². The van der Waals surface area contributed by atoms with Gasteiger partial charge in [0.1, 0.15) is 11.0 Å². The first kappa shape index (κ1) is 16.0. The van der Waals surface area contributed by atoms with Crippen LogP contribution < -0.4 is 11.1 Å². The number of hydrogen-bond donors (Lipinski definition) is 2. The van der Waals surface area contributed by atoms with E-state index in [1.807, 2.05) is 6.07 Å². The molecular weight excluding hydrogens is 314 g/mol. The number of morpholine rings is 1. The average molecular weight is 334 g/mol. The number of aromatic nitrogens is 2. The minimum absolute atomic E-state index is 0.169. The van der Waals surface area contributed by atoms with Gasteiger partial charge in [-0.15, -0.1) is 0 Å². The molecule has 1 aromatic carbocycles. The van der Waals surface area contributed by atoms with Crippen LogP contribution >= 0.6 is 11.6 Å². The van der Waals surface area contributed by atoms with Gasteiger partial charge >= 0.3 is 0 Å². The number of halogens is 1. The van der Waals surface area contributed by atoms with Crippen molar-refractivity contribution in [2.75, 3.05) is 43.9 Å². The fourth-order valence-electron chi connectivity index (χ4n) is 2.75. The number of nitrogens with one attached hydrogen (secondary N) is 1. The highest BCUT2D eigenvalue weighted by Crippen LogP contribution is 2.23. The molecular formula is C16H20ClN5O. The van der Waals surface area contributed by atoms with Crippen molar-refractivity contribution in [2.45, 2.75) is 6.04 Å². The lowest BCUT2D eigenvalue weighted by molar-refractivity contribution is 0.0187. The molecule has 0 spiro atoms. The molecule has 23 heavy (non-hydrogen) atoms. The first-order valence-corrected chi connectivity index (χ1v) is 8.01. The largest absolute Gasteiger partial charge is 0.379 e. The summed E-state index contributed by atoms with van der Waals surface area (Å²) >= 11 is 5.93. The van der Waals surface area contributed by atoms with Crippen molar-refractivity contribution in [3.05, 3.63) is 47.1 Å². The highest BCUT2D eigenvalue weighted by Gasteiger charge is 2.22. The maximum absolute atomic E-state index is 5.93. The summed E-state index contributed by atoms with van der Waals surface area (Å²) in [5.41, 5.74) is 6.91. The Labute approximate surface area is 140 Å². The minimum atomic E-state index is 0.169. The van der Waals surface area contributed by atoms with Gasteiger partial charge in [0.25, 0.3) is 0 Å². The Balaban J connectivity index is 1.75. The Bertz CT molecular complexity index is 613. The average Bonchev–Trinajstić information content (AvgIpc) is 2.56. The molecule has 1 fully saturated rings. The second-order valence-electron chi connectivity index (χ2n) is 5.39. The van der Waals surface area contributed by atoms with E-state index in [0.29, 0.717) is 17.5 Å². The van der Waals surface area contributed by atoms with E-state index in [1.165, 1.54) is 5.56 Å². The maximum Gasteiger partial charge on any atom is 0.223 e. The van der Waals surface area contributed by atoms with Gasteiger partial charge in [-0.2, -0.15) is 4.98 Å². The number of nitrogen functional groups attached to an aromatic ring is 1. The molecule has 0 aliphatic carbocycles. The summed E-state index contributed by atoms with van der Waals surface area (Å²) in [7, 11) is 0. The number of nitrogens with zero attached hydrogens (tertiary/aromatic N) is 3. The van der Waals surface area contributed by atoms with Gasteiger partial charge in [0, 0.05) is 25.7 Å². The SMILES string of the molecule is Nc1nc(Cl)cc(NCC(c2ccccc2)N2CCOCC2)n1. The Morgan fingerprint density at radius 1 is 1.22 bits per heavy atom. The van der Waals surface area contributed by atoms with E-state index in [1.54, 1.807) is 6.07 Å². The van der Waals surface area contributed by atoms with E-state index >= 15 is 0 Å². The van der Waals surface area contributed by atoms with Gasteiger partial charge in [-0.05, 0) is 5.56 Å². The molecule has 122 valence electrons. The number of anilines is 2. The van der Waals surface area contributed by atoms with E-state index in [-0.39, 0.29) is 12.0 Å². The quantitative estimate of drug-likeness (QED) is 0.817. The molecule has 1 aliphatic rings. The highest BCUT2D eigenvalue weighted by atomic mass is 35.5. The summed E-state index contributed by atoms with van der Waals surface area (Å²) in [6.07, 6.45) is 0. The van der Waals surface area contributed by atoms with Crippen LogP contribution in [0.1, 0.15) is 11.6 Å². The van der Waals surface area contributed by atoms with E-state index in [2.05, 4.69) is 44.5 Å². The summed E-state index contributed by atoms with van der Waals surface area (Å²) < 4.78 is 5.46. The topological polar surface area (TPSA) is 76.3 Å². The van der Waals surface area contributed by atoms with E-state index in [9.17, 15) is 0 Å². The molecule has 7 heteroatoms. The molecule has 3 N–H and O–H groups in total. The van der Waals surface area contributed by atoms with Crippen LogP contribution in [0, 0.1) is 0 Å². The van der Waals surface area contributed by atoms with Gasteiger partial charge in [0.2, 0.25) is 5.95 Å². The summed E-state index contributed by atoms with van der Waals surface area (Å²) in [6, 6.07) is 12.3. The highest BCUT2D eigenvalue weighted by molar-refractivity contribution is 6.29. The van der Waals surface area contributed by atoms with Crippen LogP contribution in [0.25, 0.3) is 0 Å². The smallest absolute Gasteiger partial charge is 0.223 e. The van der Waals surface area contributed by atoms with Crippen molar-refractivity contribution >= 4 is 23.4 Å². The minimum Gasteiger partial charge on any atom is -0.379 e. The molecule has 1 aliphatic heterocycles. The van der Waals surface area contributed by atoms with Crippen molar-refractivity contribution in [1.29, 1.82) is 0 Å². The molecule has 2 aromatic rings. The van der Waals surface area contributed by atoms with Crippen molar-refractivity contribution < 1.29 is 4.74 Å². The predicted octanol–water partition coefficient (Wildman–Crippen LogP) is 2.20. The van der Waals surface area contributed by atoms with Gasteiger partial charge in [-0.1, -0.05) is 41.9 Å². The molecule has 1 aromatic heterocycles. The standard InChI is InChI=1S/C16H20ClN5O/c17-14-10-15(21-16(18)20-14)19-11-13(12-4-2-1-3-5-12)22-6-8-23-9-7-22/h1-5,10,13H,6-9,11H2,(H3,18,19,20,21). The summed E-state index contributed by atoms with van der Waals surface area (Å²) in [5.74, 6) is 0.805. The Morgan fingerprint density at radius 3 is 2.65 bits per heavy atom. The van der Waals surface area contributed by atoms with Gasteiger partial charge in [0.05, 0.1) is 19.3 Å². The fourth-order valence-corrected chi connectivity index (χ4v) is 2.94. The lowest BCUT2D eigenvalue weighted by Crippen LogP contribution is -2.41. The molecule has 1 saturated heterocycles. The molecule has 0 radical (unpaired) electrons. The lowest BCUT2D eigenvalue weighted by Gasteiger charge is -2.35. The zero-order valence-electron chi connectivity index (χ0n) is 12.8. The molecule has 0 amide bonds. The summed E-state index contributed by atoms with van der Waals surface area (Å²) in [5, 5.41) is 3.66. The van der Waals surface area contributed by atoms with E-state index in [0.717, 1.165) is 26.3 Å². The number of nitrogens with two attached hydrogens (primary N) is 1. The van der Waals surface area contributed by atoms with Crippen LogP contribution in [0.3, 0.4) is 0 Å². The third-order valence-electron chi connectivity index (χ3n) is 3.86. The van der Waals surface area contributed by atoms with Crippen LogP contribution in [0.2, 0.25) is 5.15 Å². The molecule has 1 unspecified atom stereocenters. The molecule has 2 heterocycles. The summed E-state index contributed by atoms with van der Waals surface area (Å²) in [4.78, 5) is 10.5. The van der Waals surface area contributed by atoms with Gasteiger partial charge in [-0.25, -0.2) is 4.98 Å². The Morgan fingerprint density at radius 2 is 1.96 bits per heavy atom. The predicted molar refractivity (Wildman–Crippen MR) is 91.5 cm³/mol. The molecule has 0 bridgehead atoms. The second-order valence-corrected chi connectivity index (χ2v) is 5.78.